The van der Waals surface area contributed by atoms with Gasteiger partial charge in [-0.25, -0.2) is 8.42 Å². The lowest BCUT2D eigenvalue weighted by molar-refractivity contribution is 0.129. The molecule has 1 aliphatic heterocycles. The number of fused-ring (bicyclic) bond motifs is 5. The van der Waals surface area contributed by atoms with E-state index in [-0.39, 0.29) is 0 Å². The Morgan fingerprint density at radius 2 is 1.73 bits per heavy atom. The molecule has 0 radical (unpaired) electrons. The van der Waals surface area contributed by atoms with E-state index in [1.165, 1.54) is 12.8 Å². The van der Waals surface area contributed by atoms with Gasteiger partial charge < -0.3 is 0 Å². The zero-order valence-corrected chi connectivity index (χ0v) is 14.4. The third-order valence-corrected chi connectivity index (χ3v) is 10.6. The van der Waals surface area contributed by atoms with Crippen LogP contribution in [0.1, 0.15) is 39.0 Å². The van der Waals surface area contributed by atoms with E-state index in [1.807, 2.05) is 0 Å². The first-order chi connectivity index (χ1) is 10.4. The molecular formula is C19H28O2S. The molecule has 3 heteroatoms. The SMILES string of the molecule is C=CC1CC(C=C)C2C3CC(CC3C3(C)CCCS3(=O)=O)C12. The molecule has 0 N–H and O–H groups in total. The van der Waals surface area contributed by atoms with Gasteiger partial charge in [0.05, 0.1) is 10.5 Å². The summed E-state index contributed by atoms with van der Waals surface area (Å²) >= 11 is 0. The Balaban J connectivity index is 1.69. The Morgan fingerprint density at radius 3 is 2.32 bits per heavy atom. The van der Waals surface area contributed by atoms with E-state index >= 15 is 0 Å². The van der Waals surface area contributed by atoms with Crippen LogP contribution in [0.4, 0.5) is 0 Å². The van der Waals surface area contributed by atoms with E-state index in [0.29, 0.717) is 35.3 Å². The normalized spacial score (nSPS) is 55.2. The second-order valence-corrected chi connectivity index (χ2v) is 11.0. The van der Waals surface area contributed by atoms with Crippen LogP contribution in [0.5, 0.6) is 0 Å². The average molecular weight is 320 g/mol. The summed E-state index contributed by atoms with van der Waals surface area (Å²) in [6, 6.07) is 0. The molecule has 0 amide bonds. The van der Waals surface area contributed by atoms with Crippen LogP contribution in [0.3, 0.4) is 0 Å². The second kappa shape index (κ2) is 4.72. The van der Waals surface area contributed by atoms with Crippen LogP contribution < -0.4 is 0 Å². The van der Waals surface area contributed by atoms with Crippen molar-refractivity contribution in [1.29, 1.82) is 0 Å². The maximum atomic E-state index is 12.7. The first-order valence-corrected chi connectivity index (χ1v) is 10.6. The number of rotatable bonds is 3. The van der Waals surface area contributed by atoms with Gasteiger partial charge in [-0.1, -0.05) is 12.2 Å². The summed E-state index contributed by atoms with van der Waals surface area (Å²) in [4.78, 5) is 0. The highest BCUT2D eigenvalue weighted by Gasteiger charge is 2.64. The van der Waals surface area contributed by atoms with Crippen molar-refractivity contribution in [1.82, 2.24) is 0 Å². The molecule has 4 rings (SSSR count). The standard InChI is InChI=1S/C19H28O2S/c1-4-12-9-13(5-2)18-15-10-14(17(12)18)11-16(15)19(3)7-6-8-22(19,20)21/h4-5,12-18H,1-2,6-11H2,3H3. The third kappa shape index (κ3) is 1.69. The maximum absolute atomic E-state index is 12.7. The molecular weight excluding hydrogens is 292 g/mol. The quantitative estimate of drug-likeness (QED) is 0.740. The molecule has 0 aromatic heterocycles. The highest BCUT2D eigenvalue weighted by molar-refractivity contribution is 7.93. The van der Waals surface area contributed by atoms with Crippen LogP contribution in [0.2, 0.25) is 0 Å². The number of hydrogen-bond acceptors (Lipinski definition) is 2. The lowest BCUT2D eigenvalue weighted by atomic mass is 9.67. The molecule has 0 aromatic carbocycles. The second-order valence-electron chi connectivity index (χ2n) is 8.43. The summed E-state index contributed by atoms with van der Waals surface area (Å²) in [5, 5.41) is 0. The predicted molar refractivity (Wildman–Crippen MR) is 90.1 cm³/mol. The van der Waals surface area contributed by atoms with Crippen molar-refractivity contribution in [2.45, 2.75) is 43.8 Å². The van der Waals surface area contributed by atoms with Crippen LogP contribution in [0.25, 0.3) is 0 Å². The lowest BCUT2D eigenvalue weighted by Crippen LogP contribution is -2.45. The van der Waals surface area contributed by atoms with E-state index in [4.69, 9.17) is 0 Å². The summed E-state index contributed by atoms with van der Waals surface area (Å²) in [5.41, 5.74) is 0. The van der Waals surface area contributed by atoms with E-state index in [2.05, 4.69) is 32.2 Å². The Labute approximate surface area is 135 Å². The van der Waals surface area contributed by atoms with Gasteiger partial charge in [-0.2, -0.15) is 0 Å². The Hall–Kier alpha value is -0.570. The van der Waals surface area contributed by atoms with Gasteiger partial charge in [0.1, 0.15) is 0 Å². The van der Waals surface area contributed by atoms with Crippen molar-refractivity contribution in [3.8, 4) is 0 Å². The first-order valence-electron chi connectivity index (χ1n) is 8.90. The molecule has 4 fully saturated rings. The fourth-order valence-corrected chi connectivity index (χ4v) is 9.12. The van der Waals surface area contributed by atoms with Gasteiger partial charge in [0.15, 0.2) is 9.84 Å². The molecule has 2 nitrogen and oxygen atoms in total. The summed E-state index contributed by atoms with van der Waals surface area (Å²) in [5.74, 6) is 4.71. The van der Waals surface area contributed by atoms with Gasteiger partial charge in [0.25, 0.3) is 0 Å². The van der Waals surface area contributed by atoms with Crippen LogP contribution in [-0.4, -0.2) is 18.9 Å². The van der Waals surface area contributed by atoms with E-state index in [1.54, 1.807) is 0 Å². The monoisotopic (exact) mass is 320 g/mol. The molecule has 0 spiro atoms. The Kier molecular flexibility index (Phi) is 3.21. The molecule has 4 aliphatic rings. The van der Waals surface area contributed by atoms with Gasteiger partial charge >= 0.3 is 0 Å². The molecule has 22 heavy (non-hydrogen) atoms. The van der Waals surface area contributed by atoms with Crippen molar-refractivity contribution in [3.63, 3.8) is 0 Å². The van der Waals surface area contributed by atoms with Crippen molar-refractivity contribution in [2.24, 2.45) is 41.4 Å². The van der Waals surface area contributed by atoms with Crippen LogP contribution in [-0.2, 0) is 9.84 Å². The molecule has 1 heterocycles. The Bertz CT molecular complexity index is 607. The molecule has 1 saturated heterocycles. The van der Waals surface area contributed by atoms with Crippen LogP contribution in [0, 0.1) is 41.4 Å². The fraction of sp³-hybridized carbons (Fsp3) is 0.789. The summed E-state index contributed by atoms with van der Waals surface area (Å²) in [7, 11) is -2.91. The number of sulfone groups is 1. The molecule has 8 atom stereocenters. The van der Waals surface area contributed by atoms with Gasteiger partial charge in [-0.15, -0.1) is 13.2 Å². The topological polar surface area (TPSA) is 34.1 Å². The van der Waals surface area contributed by atoms with Crippen molar-refractivity contribution in [3.05, 3.63) is 25.3 Å². The lowest BCUT2D eigenvalue weighted by Gasteiger charge is -2.42. The fourth-order valence-electron chi connectivity index (χ4n) is 6.94. The predicted octanol–water partition coefficient (Wildman–Crippen LogP) is 3.85. The van der Waals surface area contributed by atoms with Gasteiger partial charge in [0, 0.05) is 0 Å². The van der Waals surface area contributed by atoms with E-state index in [9.17, 15) is 8.42 Å². The smallest absolute Gasteiger partial charge is 0.156 e. The molecule has 2 bridgehead atoms. The Morgan fingerprint density at radius 1 is 1.05 bits per heavy atom. The van der Waals surface area contributed by atoms with E-state index < -0.39 is 14.6 Å². The molecule has 8 unspecified atom stereocenters. The van der Waals surface area contributed by atoms with Crippen molar-refractivity contribution >= 4 is 9.84 Å². The average Bonchev–Trinajstić information content (AvgIpc) is 3.19. The van der Waals surface area contributed by atoms with Gasteiger partial charge in [-0.3, -0.25) is 0 Å². The van der Waals surface area contributed by atoms with Crippen molar-refractivity contribution in [2.75, 3.05) is 5.75 Å². The number of allylic oxidation sites excluding steroid dienone is 2. The minimum absolute atomic E-state index is 0.386. The summed E-state index contributed by atoms with van der Waals surface area (Å²) in [6.07, 6.45) is 9.61. The minimum Gasteiger partial charge on any atom is -0.228 e. The minimum atomic E-state index is -2.91. The first kappa shape index (κ1) is 15.0. The summed E-state index contributed by atoms with van der Waals surface area (Å²) in [6.45, 7) is 10.2. The molecule has 3 saturated carbocycles. The zero-order valence-electron chi connectivity index (χ0n) is 13.6. The molecule has 3 aliphatic carbocycles. The third-order valence-electron chi connectivity index (χ3n) is 7.85. The van der Waals surface area contributed by atoms with Crippen LogP contribution in [0.15, 0.2) is 25.3 Å². The molecule has 0 aromatic rings. The van der Waals surface area contributed by atoms with Crippen LogP contribution >= 0.6 is 0 Å². The van der Waals surface area contributed by atoms with E-state index in [0.717, 1.165) is 31.1 Å². The largest absolute Gasteiger partial charge is 0.228 e. The highest BCUT2D eigenvalue weighted by Crippen LogP contribution is 2.68. The van der Waals surface area contributed by atoms with Crippen molar-refractivity contribution < 1.29 is 8.42 Å². The van der Waals surface area contributed by atoms with Gasteiger partial charge in [-0.05, 0) is 80.5 Å². The maximum Gasteiger partial charge on any atom is 0.156 e. The molecule has 122 valence electrons. The van der Waals surface area contributed by atoms with Gasteiger partial charge in [0.2, 0.25) is 0 Å². The number of hydrogen-bond donors (Lipinski definition) is 0. The highest BCUT2D eigenvalue weighted by atomic mass is 32.2. The zero-order chi connectivity index (χ0) is 15.7. The summed E-state index contributed by atoms with van der Waals surface area (Å²) < 4.78 is 24.9.